The number of halogens is 4. The third-order valence-corrected chi connectivity index (χ3v) is 3.00. The van der Waals surface area contributed by atoms with Crippen LogP contribution in [0.3, 0.4) is 0 Å². The second-order valence-electron chi connectivity index (χ2n) is 3.91. The van der Waals surface area contributed by atoms with Gasteiger partial charge in [-0.2, -0.15) is 5.26 Å². The van der Waals surface area contributed by atoms with Gasteiger partial charge in [0.15, 0.2) is 0 Å². The zero-order valence-electron chi connectivity index (χ0n) is 10.0. The van der Waals surface area contributed by atoms with Gasteiger partial charge in [0, 0.05) is 12.1 Å². The Kier molecular flexibility index (Phi) is 4.11. The number of allylic oxidation sites excluding steroid dienone is 1. The summed E-state index contributed by atoms with van der Waals surface area (Å²) in [6.07, 6.45) is 0. The van der Waals surface area contributed by atoms with E-state index in [4.69, 9.17) is 16.9 Å². The first-order valence-electron chi connectivity index (χ1n) is 5.54. The van der Waals surface area contributed by atoms with Crippen molar-refractivity contribution in [1.29, 1.82) is 5.26 Å². The highest BCUT2D eigenvalue weighted by molar-refractivity contribution is 6.53. The fraction of sp³-hybridized carbons (Fsp3) is 0. The fourth-order valence-electron chi connectivity index (χ4n) is 1.72. The molecular formula is C15H7ClF3N. The Morgan fingerprint density at radius 2 is 1.55 bits per heavy atom. The Labute approximate surface area is 118 Å². The van der Waals surface area contributed by atoms with E-state index in [1.807, 2.05) is 0 Å². The van der Waals surface area contributed by atoms with Gasteiger partial charge < -0.3 is 0 Å². The summed E-state index contributed by atoms with van der Waals surface area (Å²) in [5.41, 5.74) is -0.284. The number of rotatable bonds is 2. The molecule has 0 N–H and O–H groups in total. The van der Waals surface area contributed by atoms with Crippen molar-refractivity contribution >= 4 is 22.2 Å². The van der Waals surface area contributed by atoms with Gasteiger partial charge in [-0.15, -0.1) is 0 Å². The van der Waals surface area contributed by atoms with Crippen LogP contribution >= 0.6 is 11.6 Å². The Bertz CT molecular complexity index is 695. The molecule has 1 nitrogen and oxygen atoms in total. The fourth-order valence-corrected chi connectivity index (χ4v) is 2.05. The SMILES string of the molecule is N#CC(=C(Cl)c1c(F)cc(F)cc1F)c1ccccc1. The predicted octanol–water partition coefficient (Wildman–Crippen LogP) is 4.73. The first-order chi connectivity index (χ1) is 9.54. The molecule has 5 heteroatoms. The quantitative estimate of drug-likeness (QED) is 0.580. The third kappa shape index (κ3) is 2.68. The van der Waals surface area contributed by atoms with Gasteiger partial charge in [-0.3, -0.25) is 0 Å². The van der Waals surface area contributed by atoms with Crippen LogP contribution in [-0.4, -0.2) is 0 Å². The average Bonchev–Trinajstić information content (AvgIpc) is 2.39. The molecule has 0 saturated carbocycles. The molecule has 0 radical (unpaired) electrons. The maximum Gasteiger partial charge on any atom is 0.137 e. The summed E-state index contributed by atoms with van der Waals surface area (Å²) >= 11 is 5.92. The van der Waals surface area contributed by atoms with E-state index in [2.05, 4.69) is 0 Å². The van der Waals surface area contributed by atoms with Crippen LogP contribution in [0, 0.1) is 28.8 Å². The van der Waals surface area contributed by atoms with Gasteiger partial charge in [0.1, 0.15) is 23.5 Å². The summed E-state index contributed by atoms with van der Waals surface area (Å²) in [7, 11) is 0. The number of hydrogen-bond acceptors (Lipinski definition) is 1. The van der Waals surface area contributed by atoms with Crippen molar-refractivity contribution in [3.8, 4) is 6.07 Å². The van der Waals surface area contributed by atoms with Crippen LogP contribution in [0.5, 0.6) is 0 Å². The summed E-state index contributed by atoms with van der Waals surface area (Å²) in [6.45, 7) is 0. The first-order valence-corrected chi connectivity index (χ1v) is 5.92. The largest absolute Gasteiger partial charge is 0.207 e. The van der Waals surface area contributed by atoms with Gasteiger partial charge >= 0.3 is 0 Å². The zero-order chi connectivity index (χ0) is 14.7. The van der Waals surface area contributed by atoms with Crippen LogP contribution in [-0.2, 0) is 0 Å². The van der Waals surface area contributed by atoms with Crippen LogP contribution in [0.4, 0.5) is 13.2 Å². The topological polar surface area (TPSA) is 23.8 Å². The molecule has 2 aromatic carbocycles. The number of hydrogen-bond donors (Lipinski definition) is 0. The molecule has 0 aliphatic carbocycles. The van der Waals surface area contributed by atoms with Crippen molar-refractivity contribution in [2.45, 2.75) is 0 Å². The Morgan fingerprint density at radius 3 is 2.05 bits per heavy atom. The molecule has 0 spiro atoms. The third-order valence-electron chi connectivity index (χ3n) is 2.62. The number of benzene rings is 2. The lowest BCUT2D eigenvalue weighted by atomic mass is 10.0. The van der Waals surface area contributed by atoms with Crippen LogP contribution in [0.2, 0.25) is 0 Å². The van der Waals surface area contributed by atoms with E-state index in [0.717, 1.165) is 0 Å². The molecule has 0 aliphatic heterocycles. The minimum Gasteiger partial charge on any atom is -0.207 e. The first kappa shape index (κ1) is 14.2. The second-order valence-corrected chi connectivity index (χ2v) is 4.29. The van der Waals surface area contributed by atoms with E-state index < -0.39 is 28.0 Å². The molecule has 0 unspecified atom stereocenters. The average molecular weight is 294 g/mol. The molecule has 100 valence electrons. The van der Waals surface area contributed by atoms with Crippen LogP contribution in [0.15, 0.2) is 42.5 Å². The smallest absolute Gasteiger partial charge is 0.137 e. The second kappa shape index (κ2) is 5.81. The van der Waals surface area contributed by atoms with Crippen LogP contribution < -0.4 is 0 Å². The predicted molar refractivity (Wildman–Crippen MR) is 71.0 cm³/mol. The molecule has 0 aliphatic rings. The summed E-state index contributed by atoms with van der Waals surface area (Å²) in [5.74, 6) is -3.36. The molecule has 20 heavy (non-hydrogen) atoms. The molecule has 0 aromatic heterocycles. The van der Waals surface area contributed by atoms with Crippen molar-refractivity contribution in [1.82, 2.24) is 0 Å². The molecule has 0 heterocycles. The van der Waals surface area contributed by atoms with Crippen molar-refractivity contribution < 1.29 is 13.2 Å². The normalized spacial score (nSPS) is 11.8. The maximum atomic E-state index is 13.7. The van der Waals surface area contributed by atoms with E-state index in [1.54, 1.807) is 36.4 Å². The van der Waals surface area contributed by atoms with Gasteiger partial charge in [-0.1, -0.05) is 41.9 Å². The molecule has 2 rings (SSSR count). The summed E-state index contributed by atoms with van der Waals surface area (Å²) in [4.78, 5) is 0. The molecule has 0 fully saturated rings. The van der Waals surface area contributed by atoms with E-state index in [1.165, 1.54) is 0 Å². The van der Waals surface area contributed by atoms with E-state index in [-0.39, 0.29) is 5.57 Å². The molecule has 0 atom stereocenters. The molecule has 0 amide bonds. The molecule has 0 bridgehead atoms. The summed E-state index contributed by atoms with van der Waals surface area (Å²) in [5, 5.41) is 8.74. The van der Waals surface area contributed by atoms with E-state index in [9.17, 15) is 13.2 Å². The summed E-state index contributed by atoms with van der Waals surface area (Å²) in [6, 6.07) is 11.1. The van der Waals surface area contributed by atoms with Gasteiger partial charge in [0.05, 0.1) is 16.2 Å². The van der Waals surface area contributed by atoms with Crippen LogP contribution in [0.25, 0.3) is 10.6 Å². The highest BCUT2D eigenvalue weighted by Crippen LogP contribution is 2.32. The zero-order valence-corrected chi connectivity index (χ0v) is 10.8. The van der Waals surface area contributed by atoms with Crippen molar-refractivity contribution in [2.75, 3.05) is 0 Å². The lowest BCUT2D eigenvalue weighted by Crippen LogP contribution is -1.96. The minimum absolute atomic E-state index is 0.0864. The van der Waals surface area contributed by atoms with Gasteiger partial charge in [0.2, 0.25) is 0 Å². The number of nitriles is 1. The molecule has 0 saturated heterocycles. The maximum absolute atomic E-state index is 13.7. The van der Waals surface area contributed by atoms with Gasteiger partial charge in [-0.25, -0.2) is 13.2 Å². The van der Waals surface area contributed by atoms with Crippen LogP contribution in [0.1, 0.15) is 11.1 Å². The van der Waals surface area contributed by atoms with Crippen molar-refractivity contribution in [3.05, 3.63) is 71.0 Å². The Balaban J connectivity index is 2.68. The highest BCUT2D eigenvalue weighted by Gasteiger charge is 2.18. The van der Waals surface area contributed by atoms with Gasteiger partial charge in [0.25, 0.3) is 0 Å². The van der Waals surface area contributed by atoms with Gasteiger partial charge in [-0.05, 0) is 5.56 Å². The summed E-state index contributed by atoms with van der Waals surface area (Å²) < 4.78 is 40.2. The van der Waals surface area contributed by atoms with E-state index >= 15 is 0 Å². The molecule has 2 aromatic rings. The van der Waals surface area contributed by atoms with E-state index in [0.29, 0.717) is 17.7 Å². The highest BCUT2D eigenvalue weighted by atomic mass is 35.5. The lowest BCUT2D eigenvalue weighted by molar-refractivity contribution is 0.540. The Morgan fingerprint density at radius 1 is 1.00 bits per heavy atom. The molecular weight excluding hydrogens is 287 g/mol. The van der Waals surface area contributed by atoms with Crippen molar-refractivity contribution in [2.24, 2.45) is 0 Å². The number of nitrogens with zero attached hydrogens (tertiary/aromatic N) is 1. The minimum atomic E-state index is -1.16. The lowest BCUT2D eigenvalue weighted by Gasteiger charge is -2.07. The Hall–Kier alpha value is -2.25. The standard InChI is InChI=1S/C15H7ClF3N/c16-15(11(8-20)9-4-2-1-3-5-9)14-12(18)6-10(17)7-13(14)19/h1-7H. The monoisotopic (exact) mass is 293 g/mol. The van der Waals surface area contributed by atoms with Crippen molar-refractivity contribution in [3.63, 3.8) is 0 Å².